The van der Waals surface area contributed by atoms with Crippen molar-refractivity contribution in [2.24, 2.45) is 0 Å². The van der Waals surface area contributed by atoms with Crippen molar-refractivity contribution in [1.82, 2.24) is 10.2 Å². The smallest absolute Gasteiger partial charge is 0.254 e. The van der Waals surface area contributed by atoms with Crippen molar-refractivity contribution < 1.29 is 22.7 Å². The molecule has 2 aliphatic rings. The number of hydrogen-bond donors (Lipinski definition) is 1. The maximum Gasteiger partial charge on any atom is 0.254 e. The number of rotatable bonds is 10. The molecule has 1 saturated heterocycles. The molecule has 1 saturated carbocycles. The fraction of sp³-hybridized carbons (Fsp3) is 0.652. The molecule has 0 unspecified atom stereocenters. The number of benzene rings is 1. The van der Waals surface area contributed by atoms with Crippen LogP contribution in [0.2, 0.25) is 0 Å². The molecule has 1 N–H and O–H groups in total. The van der Waals surface area contributed by atoms with E-state index in [1.165, 1.54) is 32.1 Å². The van der Waals surface area contributed by atoms with E-state index in [-0.39, 0.29) is 18.4 Å². The molecule has 8 nitrogen and oxygen atoms in total. The number of nitrogens with zero attached hydrogens (tertiary/aromatic N) is 2. The maximum atomic E-state index is 12.6. The molecule has 10 heteroatoms. The zero-order valence-corrected chi connectivity index (χ0v) is 21.0. The molecular weight excluding hydrogens is 462 g/mol. The van der Waals surface area contributed by atoms with Crippen LogP contribution in [0.3, 0.4) is 0 Å². The van der Waals surface area contributed by atoms with Crippen LogP contribution in [0, 0.1) is 0 Å². The second-order valence-electron chi connectivity index (χ2n) is 8.56. The van der Waals surface area contributed by atoms with Gasteiger partial charge in [0.2, 0.25) is 15.9 Å². The standard InChI is InChI=1S/C23H35N3O5S2/c1-33(29,30)26(18-22(27)24-12-5-17-32-21-6-3-2-4-7-21)20-10-8-19(9-11-20)23(28)25-13-15-31-16-14-25/h8-11,21H,2-7,12-18H2,1H3,(H,24,27). The molecule has 0 aromatic heterocycles. The van der Waals surface area contributed by atoms with E-state index in [4.69, 9.17) is 4.74 Å². The largest absolute Gasteiger partial charge is 0.378 e. The van der Waals surface area contributed by atoms with Crippen LogP contribution in [0.25, 0.3) is 0 Å². The Morgan fingerprint density at radius 2 is 1.79 bits per heavy atom. The summed E-state index contributed by atoms with van der Waals surface area (Å²) in [7, 11) is -3.66. The lowest BCUT2D eigenvalue weighted by Gasteiger charge is -2.27. The van der Waals surface area contributed by atoms with E-state index in [1.807, 2.05) is 11.8 Å². The first kappa shape index (κ1) is 25.8. The Morgan fingerprint density at radius 3 is 2.42 bits per heavy atom. The Hall–Kier alpha value is -1.78. The number of carbonyl (C=O) groups excluding carboxylic acids is 2. The first-order valence-corrected chi connectivity index (χ1v) is 14.6. The number of sulfonamides is 1. The van der Waals surface area contributed by atoms with Crippen molar-refractivity contribution in [2.45, 2.75) is 43.8 Å². The third kappa shape index (κ3) is 8.19. The molecule has 2 fully saturated rings. The minimum Gasteiger partial charge on any atom is -0.378 e. The Labute approximate surface area is 201 Å². The topological polar surface area (TPSA) is 96.0 Å². The average molecular weight is 498 g/mol. The predicted octanol–water partition coefficient (Wildman–Crippen LogP) is 2.50. The number of nitrogens with one attached hydrogen (secondary N) is 1. The maximum absolute atomic E-state index is 12.6. The molecule has 2 amide bonds. The molecule has 0 spiro atoms. The van der Waals surface area contributed by atoms with Crippen LogP contribution in [-0.2, 0) is 19.6 Å². The summed E-state index contributed by atoms with van der Waals surface area (Å²) in [5.41, 5.74) is 0.841. The van der Waals surface area contributed by atoms with Gasteiger partial charge >= 0.3 is 0 Å². The predicted molar refractivity (Wildman–Crippen MR) is 132 cm³/mol. The fourth-order valence-corrected chi connectivity index (χ4v) is 6.25. The van der Waals surface area contributed by atoms with Crippen LogP contribution in [-0.4, -0.2) is 81.8 Å². The molecule has 0 radical (unpaired) electrons. The molecule has 1 aliphatic carbocycles. The van der Waals surface area contributed by atoms with Crippen LogP contribution in [0.4, 0.5) is 5.69 Å². The Bertz CT molecular complexity index is 880. The summed E-state index contributed by atoms with van der Waals surface area (Å²) in [6, 6.07) is 6.35. The minimum atomic E-state index is -3.66. The van der Waals surface area contributed by atoms with E-state index < -0.39 is 10.0 Å². The van der Waals surface area contributed by atoms with Crippen molar-refractivity contribution in [3.8, 4) is 0 Å². The lowest BCUT2D eigenvalue weighted by Crippen LogP contribution is -2.41. The van der Waals surface area contributed by atoms with E-state index in [0.29, 0.717) is 44.1 Å². The summed E-state index contributed by atoms with van der Waals surface area (Å²) in [5.74, 6) is 0.551. The zero-order chi connectivity index (χ0) is 23.7. The number of morpholine rings is 1. The third-order valence-corrected chi connectivity index (χ3v) is 8.54. The SMILES string of the molecule is CS(=O)(=O)N(CC(=O)NCCCSC1CCCCC1)c1ccc(C(=O)N2CCOCC2)cc1. The summed E-state index contributed by atoms with van der Waals surface area (Å²) in [4.78, 5) is 26.7. The molecule has 1 aromatic carbocycles. The third-order valence-electron chi connectivity index (χ3n) is 5.94. The van der Waals surface area contributed by atoms with E-state index in [0.717, 1.165) is 28.0 Å². The van der Waals surface area contributed by atoms with Crippen molar-refractivity contribution in [2.75, 3.05) is 55.7 Å². The molecule has 3 rings (SSSR count). The lowest BCUT2D eigenvalue weighted by molar-refractivity contribution is -0.119. The zero-order valence-electron chi connectivity index (χ0n) is 19.3. The van der Waals surface area contributed by atoms with Crippen LogP contribution < -0.4 is 9.62 Å². The van der Waals surface area contributed by atoms with E-state index in [2.05, 4.69) is 5.32 Å². The summed E-state index contributed by atoms with van der Waals surface area (Å²) in [5, 5.41) is 3.58. The molecule has 1 aliphatic heterocycles. The van der Waals surface area contributed by atoms with Crippen LogP contribution in [0.15, 0.2) is 24.3 Å². The van der Waals surface area contributed by atoms with Crippen molar-refractivity contribution in [3.63, 3.8) is 0 Å². The number of carbonyl (C=O) groups is 2. The quantitative estimate of drug-likeness (QED) is 0.499. The van der Waals surface area contributed by atoms with Crippen LogP contribution >= 0.6 is 11.8 Å². The average Bonchev–Trinajstić information content (AvgIpc) is 2.82. The van der Waals surface area contributed by atoms with Gasteiger partial charge in [0.25, 0.3) is 5.91 Å². The highest BCUT2D eigenvalue weighted by atomic mass is 32.2. The van der Waals surface area contributed by atoms with Crippen LogP contribution in [0.5, 0.6) is 0 Å². The summed E-state index contributed by atoms with van der Waals surface area (Å²) >= 11 is 1.98. The lowest BCUT2D eigenvalue weighted by atomic mass is 10.0. The second kappa shape index (κ2) is 12.6. The molecule has 1 heterocycles. The fourth-order valence-electron chi connectivity index (χ4n) is 4.09. The highest BCUT2D eigenvalue weighted by molar-refractivity contribution is 7.99. The number of amides is 2. The summed E-state index contributed by atoms with van der Waals surface area (Å²) in [6.45, 7) is 2.35. The van der Waals surface area contributed by atoms with Gasteiger partial charge in [0.05, 0.1) is 25.2 Å². The van der Waals surface area contributed by atoms with E-state index in [1.54, 1.807) is 29.2 Å². The van der Waals surface area contributed by atoms with Gasteiger partial charge in [-0.2, -0.15) is 11.8 Å². The summed E-state index contributed by atoms with van der Waals surface area (Å²) in [6.07, 6.45) is 8.50. The number of anilines is 1. The molecule has 184 valence electrons. The number of hydrogen-bond acceptors (Lipinski definition) is 6. The van der Waals surface area contributed by atoms with Gasteiger partial charge in [-0.1, -0.05) is 19.3 Å². The van der Waals surface area contributed by atoms with Crippen LogP contribution in [0.1, 0.15) is 48.9 Å². The highest BCUT2D eigenvalue weighted by Crippen LogP contribution is 2.28. The molecule has 0 atom stereocenters. The molecular formula is C23H35N3O5S2. The van der Waals surface area contributed by atoms with Gasteiger partial charge in [0.1, 0.15) is 6.54 Å². The van der Waals surface area contributed by atoms with Gasteiger partial charge in [-0.25, -0.2) is 8.42 Å². The first-order valence-electron chi connectivity index (χ1n) is 11.7. The monoisotopic (exact) mass is 497 g/mol. The highest BCUT2D eigenvalue weighted by Gasteiger charge is 2.23. The normalized spacial score (nSPS) is 17.5. The summed E-state index contributed by atoms with van der Waals surface area (Å²) < 4.78 is 31.0. The van der Waals surface area contributed by atoms with Crippen molar-refractivity contribution in [3.05, 3.63) is 29.8 Å². The van der Waals surface area contributed by atoms with Gasteiger partial charge < -0.3 is 15.0 Å². The van der Waals surface area contributed by atoms with Gasteiger partial charge in [-0.3, -0.25) is 13.9 Å². The number of thioether (sulfide) groups is 1. The Morgan fingerprint density at radius 1 is 1.12 bits per heavy atom. The Kier molecular flexibility index (Phi) is 9.88. The molecule has 1 aromatic rings. The minimum absolute atomic E-state index is 0.111. The van der Waals surface area contributed by atoms with Crippen molar-refractivity contribution >= 4 is 39.3 Å². The van der Waals surface area contributed by atoms with Gasteiger partial charge in [0.15, 0.2) is 0 Å². The molecule has 0 bridgehead atoms. The van der Waals surface area contributed by atoms with Gasteiger partial charge in [-0.05, 0) is 49.3 Å². The molecule has 33 heavy (non-hydrogen) atoms. The van der Waals surface area contributed by atoms with Gasteiger partial charge in [0, 0.05) is 30.4 Å². The Balaban J connectivity index is 1.49. The van der Waals surface area contributed by atoms with E-state index >= 15 is 0 Å². The van der Waals surface area contributed by atoms with E-state index in [9.17, 15) is 18.0 Å². The van der Waals surface area contributed by atoms with Gasteiger partial charge in [-0.15, -0.1) is 0 Å². The number of ether oxygens (including phenoxy) is 1. The second-order valence-corrected chi connectivity index (χ2v) is 11.9. The van der Waals surface area contributed by atoms with Crippen molar-refractivity contribution in [1.29, 1.82) is 0 Å². The first-order chi connectivity index (χ1) is 15.8.